The minimum absolute atomic E-state index is 0.210. The fourth-order valence-electron chi connectivity index (χ4n) is 3.61. The van der Waals surface area contributed by atoms with Crippen molar-refractivity contribution in [1.82, 2.24) is 19.9 Å². The number of ether oxygens (including phenoxy) is 1. The number of pyridine rings is 1. The van der Waals surface area contributed by atoms with Crippen LogP contribution >= 0.6 is 11.3 Å². The summed E-state index contributed by atoms with van der Waals surface area (Å²) >= 11 is 1.36. The Hall–Kier alpha value is -3.79. The number of aromatic nitrogens is 3. The molecule has 170 valence electrons. The molecule has 0 spiro atoms. The number of carbonyl (C=O) groups is 2. The number of benzene rings is 1. The summed E-state index contributed by atoms with van der Waals surface area (Å²) in [5, 5.41) is 1.44. The zero-order valence-electron chi connectivity index (χ0n) is 18.1. The van der Waals surface area contributed by atoms with Gasteiger partial charge in [0.25, 0.3) is 5.91 Å². The molecule has 0 aliphatic heterocycles. The Labute approximate surface area is 193 Å². The molecule has 0 bridgehead atoms. The Balaban J connectivity index is 1.61. The van der Waals surface area contributed by atoms with Gasteiger partial charge < -0.3 is 20.4 Å². The van der Waals surface area contributed by atoms with Crippen LogP contribution in [0.15, 0.2) is 42.7 Å². The van der Waals surface area contributed by atoms with E-state index in [1.165, 1.54) is 35.5 Å². The van der Waals surface area contributed by atoms with Gasteiger partial charge in [-0.1, -0.05) is 0 Å². The number of carbonyl (C=O) groups excluding carboxylic acids is 2. The standard InChI is InChI=1S/C23H22FN5O3S/c1-13-28-21(22(33-13)15-3-6-20(32-2)27-11-15)23(31)29(12-19(25)30)8-7-14-10-26-18-5-4-16(24)9-17(14)18/h3-6,9-11,26H,7-8,12H2,1-2H3,(H2,25,30). The Morgan fingerprint density at radius 2 is 2.09 bits per heavy atom. The van der Waals surface area contributed by atoms with E-state index in [1.807, 2.05) is 0 Å². The SMILES string of the molecule is COc1ccc(-c2sc(C)nc2C(=O)N(CCc2c[nH]c3ccc(F)cc23)CC(N)=O)cn1. The molecule has 33 heavy (non-hydrogen) atoms. The normalized spacial score (nSPS) is 11.0. The van der Waals surface area contributed by atoms with Crippen molar-refractivity contribution in [1.29, 1.82) is 0 Å². The van der Waals surface area contributed by atoms with Gasteiger partial charge in [0, 0.05) is 41.5 Å². The van der Waals surface area contributed by atoms with E-state index in [4.69, 9.17) is 10.5 Å². The van der Waals surface area contributed by atoms with Gasteiger partial charge in [-0.15, -0.1) is 11.3 Å². The van der Waals surface area contributed by atoms with E-state index in [-0.39, 0.29) is 24.6 Å². The van der Waals surface area contributed by atoms with Crippen LogP contribution in [-0.4, -0.2) is 51.9 Å². The van der Waals surface area contributed by atoms with Gasteiger partial charge in [-0.2, -0.15) is 0 Å². The van der Waals surface area contributed by atoms with Crippen molar-refractivity contribution in [3.05, 3.63) is 64.8 Å². The molecule has 4 rings (SSSR count). The maximum atomic E-state index is 13.7. The molecular weight excluding hydrogens is 445 g/mol. The van der Waals surface area contributed by atoms with E-state index in [9.17, 15) is 14.0 Å². The molecule has 10 heteroatoms. The van der Waals surface area contributed by atoms with Crippen molar-refractivity contribution in [2.45, 2.75) is 13.3 Å². The van der Waals surface area contributed by atoms with E-state index in [0.29, 0.717) is 22.2 Å². The lowest BCUT2D eigenvalue weighted by Crippen LogP contribution is -2.40. The number of methoxy groups -OCH3 is 1. The molecule has 0 fully saturated rings. The predicted octanol–water partition coefficient (Wildman–Crippen LogP) is 3.31. The van der Waals surface area contributed by atoms with Crippen LogP contribution in [0.25, 0.3) is 21.3 Å². The van der Waals surface area contributed by atoms with Gasteiger partial charge in [-0.3, -0.25) is 9.59 Å². The van der Waals surface area contributed by atoms with Crippen LogP contribution in [0.4, 0.5) is 4.39 Å². The second-order valence-electron chi connectivity index (χ2n) is 7.45. The van der Waals surface area contributed by atoms with Gasteiger partial charge in [0.2, 0.25) is 11.8 Å². The number of nitrogens with one attached hydrogen (secondary N) is 1. The molecule has 0 aliphatic carbocycles. The van der Waals surface area contributed by atoms with Gasteiger partial charge in [0.1, 0.15) is 11.5 Å². The molecule has 0 radical (unpaired) electrons. The fourth-order valence-corrected chi connectivity index (χ4v) is 4.51. The van der Waals surface area contributed by atoms with Crippen molar-refractivity contribution in [3.8, 4) is 16.3 Å². The fraction of sp³-hybridized carbons (Fsp3) is 0.217. The van der Waals surface area contributed by atoms with Crippen molar-refractivity contribution in [2.24, 2.45) is 5.73 Å². The summed E-state index contributed by atoms with van der Waals surface area (Å²) in [4.78, 5) is 38.9. The number of nitrogens with zero attached hydrogens (tertiary/aromatic N) is 3. The summed E-state index contributed by atoms with van der Waals surface area (Å²) < 4.78 is 18.8. The molecular formula is C23H22FN5O3S. The van der Waals surface area contributed by atoms with E-state index >= 15 is 0 Å². The van der Waals surface area contributed by atoms with Gasteiger partial charge in [0.05, 0.1) is 23.5 Å². The average molecular weight is 468 g/mol. The lowest BCUT2D eigenvalue weighted by atomic mass is 10.1. The Bertz CT molecular complexity index is 1320. The molecule has 3 heterocycles. The Kier molecular flexibility index (Phi) is 6.36. The van der Waals surface area contributed by atoms with Crippen molar-refractivity contribution in [3.63, 3.8) is 0 Å². The summed E-state index contributed by atoms with van der Waals surface area (Å²) in [6.07, 6.45) is 3.80. The minimum Gasteiger partial charge on any atom is -0.481 e. The highest BCUT2D eigenvalue weighted by Crippen LogP contribution is 2.31. The first-order chi connectivity index (χ1) is 15.9. The second-order valence-corrected chi connectivity index (χ2v) is 8.65. The number of fused-ring (bicyclic) bond motifs is 1. The maximum absolute atomic E-state index is 13.7. The van der Waals surface area contributed by atoms with E-state index in [2.05, 4.69) is 15.0 Å². The number of halogens is 1. The Morgan fingerprint density at radius 1 is 1.27 bits per heavy atom. The lowest BCUT2D eigenvalue weighted by molar-refractivity contribution is -0.118. The maximum Gasteiger partial charge on any atom is 0.274 e. The quantitative estimate of drug-likeness (QED) is 0.413. The Morgan fingerprint density at radius 3 is 2.79 bits per heavy atom. The monoisotopic (exact) mass is 467 g/mol. The number of aryl methyl sites for hydroxylation is 1. The zero-order chi connectivity index (χ0) is 23.5. The van der Waals surface area contributed by atoms with Gasteiger partial charge >= 0.3 is 0 Å². The molecule has 4 aromatic rings. The number of hydrogen-bond acceptors (Lipinski definition) is 6. The van der Waals surface area contributed by atoms with Crippen molar-refractivity contribution < 1.29 is 18.7 Å². The minimum atomic E-state index is -0.632. The molecule has 1 aromatic carbocycles. The topological polar surface area (TPSA) is 114 Å². The molecule has 0 aliphatic rings. The molecule has 2 amide bonds. The van der Waals surface area contributed by atoms with Crippen LogP contribution in [0, 0.1) is 12.7 Å². The third kappa shape index (κ3) is 4.85. The molecule has 0 atom stereocenters. The van der Waals surface area contributed by atoms with Crippen LogP contribution in [0.1, 0.15) is 21.1 Å². The molecule has 3 aromatic heterocycles. The average Bonchev–Trinajstić information content (AvgIpc) is 3.39. The zero-order valence-corrected chi connectivity index (χ0v) is 18.9. The van der Waals surface area contributed by atoms with E-state index < -0.39 is 11.8 Å². The van der Waals surface area contributed by atoms with Crippen LogP contribution in [0.3, 0.4) is 0 Å². The van der Waals surface area contributed by atoms with Gasteiger partial charge in [0.15, 0.2) is 0 Å². The number of amides is 2. The summed E-state index contributed by atoms with van der Waals surface area (Å²) in [7, 11) is 1.53. The van der Waals surface area contributed by atoms with Crippen LogP contribution in [-0.2, 0) is 11.2 Å². The molecule has 0 saturated carbocycles. The van der Waals surface area contributed by atoms with Crippen LogP contribution < -0.4 is 10.5 Å². The number of rotatable bonds is 8. The first kappa shape index (κ1) is 22.4. The molecule has 0 saturated heterocycles. The summed E-state index contributed by atoms with van der Waals surface area (Å²) in [5.74, 6) is -0.926. The van der Waals surface area contributed by atoms with Crippen molar-refractivity contribution >= 4 is 34.1 Å². The second kappa shape index (κ2) is 9.37. The van der Waals surface area contributed by atoms with Crippen molar-refractivity contribution in [2.75, 3.05) is 20.2 Å². The van der Waals surface area contributed by atoms with Crippen LogP contribution in [0.2, 0.25) is 0 Å². The highest BCUT2D eigenvalue weighted by Gasteiger charge is 2.25. The highest BCUT2D eigenvalue weighted by atomic mass is 32.1. The number of H-pyrrole nitrogens is 1. The third-order valence-corrected chi connectivity index (χ3v) is 6.18. The summed E-state index contributed by atoms with van der Waals surface area (Å²) in [5.41, 5.74) is 8.00. The lowest BCUT2D eigenvalue weighted by Gasteiger charge is -2.21. The molecule has 8 nitrogen and oxygen atoms in total. The molecule has 0 unspecified atom stereocenters. The summed E-state index contributed by atoms with van der Waals surface area (Å²) in [6.45, 7) is 1.76. The predicted molar refractivity (Wildman–Crippen MR) is 124 cm³/mol. The number of hydrogen-bond donors (Lipinski definition) is 2. The number of primary amides is 1. The third-order valence-electron chi connectivity index (χ3n) is 5.16. The van der Waals surface area contributed by atoms with Gasteiger partial charge in [-0.05, 0) is 43.2 Å². The van der Waals surface area contributed by atoms with Gasteiger partial charge in [-0.25, -0.2) is 14.4 Å². The first-order valence-electron chi connectivity index (χ1n) is 10.2. The first-order valence-corrected chi connectivity index (χ1v) is 11.0. The summed E-state index contributed by atoms with van der Waals surface area (Å²) in [6, 6.07) is 7.99. The van der Waals surface area contributed by atoms with E-state index in [1.54, 1.807) is 37.5 Å². The number of nitrogens with two attached hydrogens (primary N) is 1. The molecule has 3 N–H and O–H groups in total. The number of thiazole rings is 1. The number of aromatic amines is 1. The van der Waals surface area contributed by atoms with Crippen LogP contribution in [0.5, 0.6) is 5.88 Å². The largest absolute Gasteiger partial charge is 0.481 e. The smallest absolute Gasteiger partial charge is 0.274 e. The highest BCUT2D eigenvalue weighted by molar-refractivity contribution is 7.15. The van der Waals surface area contributed by atoms with E-state index in [0.717, 1.165) is 22.0 Å².